The highest BCUT2D eigenvalue weighted by Crippen LogP contribution is 2.33. The number of allylic oxidation sites excluding steroid dienone is 1. The largest absolute Gasteiger partial charge is 0.323 e. The van der Waals surface area contributed by atoms with Gasteiger partial charge in [-0.1, -0.05) is 38.2 Å². The van der Waals surface area contributed by atoms with Gasteiger partial charge in [-0.2, -0.15) is 0 Å². The Morgan fingerprint density at radius 2 is 1.85 bits per heavy atom. The van der Waals surface area contributed by atoms with Crippen LogP contribution in [0.25, 0.3) is 0 Å². The second-order valence-electron chi connectivity index (χ2n) is 8.12. The summed E-state index contributed by atoms with van der Waals surface area (Å²) in [6, 6.07) is 0.484. The number of carbonyl (C=O) groups excluding carboxylic acids is 1. The van der Waals surface area contributed by atoms with E-state index in [9.17, 15) is 4.79 Å². The summed E-state index contributed by atoms with van der Waals surface area (Å²) in [5, 5.41) is 6.62. The molecule has 0 radical (unpaired) electrons. The minimum Gasteiger partial charge on any atom is -0.317 e. The van der Waals surface area contributed by atoms with Gasteiger partial charge < -0.3 is 10.2 Å². The zero-order chi connectivity index (χ0) is 18.2. The molecule has 0 aromatic rings. The number of hydrogen-bond donors (Lipinski definition) is 2. The Morgan fingerprint density at radius 3 is 2.58 bits per heavy atom. The highest BCUT2D eigenvalue weighted by Gasteiger charge is 2.51. The number of nitrogens with zero attached hydrogens (tertiary/aromatic N) is 2. The Kier molecular flexibility index (Phi) is 7.12. The second kappa shape index (κ2) is 9.54. The number of rotatable bonds is 8. The predicted molar refractivity (Wildman–Crippen MR) is 108 cm³/mol. The van der Waals surface area contributed by atoms with E-state index < -0.39 is 0 Å². The number of amides is 2. The van der Waals surface area contributed by atoms with Crippen LogP contribution in [-0.2, 0) is 0 Å². The number of unbranched alkanes of at least 4 members (excludes halogenated alkanes) is 4. The van der Waals surface area contributed by atoms with E-state index in [0.717, 1.165) is 51.2 Å². The fourth-order valence-corrected chi connectivity index (χ4v) is 4.73. The van der Waals surface area contributed by atoms with Gasteiger partial charge in [-0.15, -0.1) is 6.58 Å². The lowest BCUT2D eigenvalue weighted by Gasteiger charge is -2.40. The third-order valence-corrected chi connectivity index (χ3v) is 6.29. The molecule has 2 N–H and O–H groups in total. The number of hydrogen-bond acceptors (Lipinski definition) is 3. The molecular weight excluding hydrogens is 324 g/mol. The van der Waals surface area contributed by atoms with Gasteiger partial charge in [0.05, 0.1) is 6.04 Å². The molecule has 5 nitrogen and oxygen atoms in total. The van der Waals surface area contributed by atoms with Crippen LogP contribution in [0, 0.1) is 0 Å². The summed E-state index contributed by atoms with van der Waals surface area (Å²) in [6.45, 7) is 6.57. The van der Waals surface area contributed by atoms with Gasteiger partial charge in [0.15, 0.2) is 0 Å². The highest BCUT2D eigenvalue weighted by molar-refractivity contribution is 6.10. The molecule has 1 aliphatic carbocycles. The van der Waals surface area contributed by atoms with E-state index in [2.05, 4.69) is 22.1 Å². The topological polar surface area (TPSA) is 56.7 Å². The first-order valence-corrected chi connectivity index (χ1v) is 10.7. The van der Waals surface area contributed by atoms with Crippen molar-refractivity contribution in [2.75, 3.05) is 19.6 Å². The Morgan fingerprint density at radius 1 is 1.12 bits per heavy atom. The second-order valence-corrected chi connectivity index (χ2v) is 8.12. The molecule has 3 aliphatic rings. The first kappa shape index (κ1) is 19.4. The van der Waals surface area contributed by atoms with Crippen LogP contribution in [0.5, 0.6) is 0 Å². The summed E-state index contributed by atoms with van der Waals surface area (Å²) in [4.78, 5) is 20.0. The maximum Gasteiger partial charge on any atom is 0.323 e. The Bertz CT molecular complexity index is 504. The molecule has 1 spiro atoms. The van der Waals surface area contributed by atoms with Crippen LogP contribution in [-0.4, -0.2) is 48.0 Å². The van der Waals surface area contributed by atoms with Gasteiger partial charge in [0, 0.05) is 6.54 Å². The maximum absolute atomic E-state index is 12.8. The molecule has 5 heteroatoms. The molecule has 26 heavy (non-hydrogen) atoms. The van der Waals surface area contributed by atoms with Crippen molar-refractivity contribution in [3.8, 4) is 0 Å². The lowest BCUT2D eigenvalue weighted by molar-refractivity contribution is 0.148. The van der Waals surface area contributed by atoms with Gasteiger partial charge in [-0.3, -0.25) is 10.3 Å². The van der Waals surface area contributed by atoms with Gasteiger partial charge >= 0.3 is 6.03 Å². The molecule has 0 atom stereocenters. The van der Waals surface area contributed by atoms with Crippen molar-refractivity contribution in [2.24, 2.45) is 4.99 Å². The first-order chi connectivity index (χ1) is 12.8. The summed E-state index contributed by atoms with van der Waals surface area (Å²) in [5.41, 5.74) is -0.180. The zero-order valence-electron chi connectivity index (χ0n) is 16.3. The highest BCUT2D eigenvalue weighted by atomic mass is 16.2. The molecule has 0 unspecified atom stereocenters. The standard InChI is InChI=1S/C21H36N4O/c1-2-3-4-5-6-10-17-25-20(26)24-19(21(25)13-15-22-16-14-21)23-18-11-8-7-9-12-18/h2,18,22H,1,3-17H2,(H,23,24,26). The van der Waals surface area contributed by atoms with Crippen molar-refractivity contribution >= 4 is 11.9 Å². The summed E-state index contributed by atoms with van der Waals surface area (Å²) in [7, 11) is 0. The van der Waals surface area contributed by atoms with Crippen LogP contribution in [0.4, 0.5) is 4.79 Å². The summed E-state index contributed by atoms with van der Waals surface area (Å²) in [5.74, 6) is 0.975. The predicted octanol–water partition coefficient (Wildman–Crippen LogP) is 4.00. The van der Waals surface area contributed by atoms with E-state index in [1.165, 1.54) is 51.4 Å². The van der Waals surface area contributed by atoms with Gasteiger partial charge in [-0.25, -0.2) is 4.79 Å². The molecule has 146 valence electrons. The van der Waals surface area contributed by atoms with Crippen LogP contribution in [0.3, 0.4) is 0 Å². The maximum atomic E-state index is 12.8. The molecule has 3 fully saturated rings. The van der Waals surface area contributed by atoms with Crippen molar-refractivity contribution in [1.29, 1.82) is 0 Å². The quantitative estimate of drug-likeness (QED) is 0.508. The summed E-state index contributed by atoms with van der Waals surface area (Å²) < 4.78 is 0. The molecule has 2 heterocycles. The van der Waals surface area contributed by atoms with E-state index >= 15 is 0 Å². The minimum absolute atomic E-state index is 0.0764. The summed E-state index contributed by atoms with van der Waals surface area (Å²) >= 11 is 0. The number of carbonyl (C=O) groups is 1. The Hall–Kier alpha value is -1.36. The first-order valence-electron chi connectivity index (χ1n) is 10.7. The SMILES string of the molecule is C=CCCCCCCN1C(=O)NC(=NC2CCCCC2)C12CCNCC2. The number of amidine groups is 1. The van der Waals surface area contributed by atoms with E-state index in [-0.39, 0.29) is 11.6 Å². The van der Waals surface area contributed by atoms with Crippen molar-refractivity contribution in [3.63, 3.8) is 0 Å². The fourth-order valence-electron chi connectivity index (χ4n) is 4.73. The third-order valence-electron chi connectivity index (χ3n) is 6.29. The normalized spacial score (nSPS) is 25.0. The molecule has 3 rings (SSSR count). The lowest BCUT2D eigenvalue weighted by atomic mass is 9.85. The van der Waals surface area contributed by atoms with E-state index in [1.807, 2.05) is 6.08 Å². The van der Waals surface area contributed by atoms with Crippen molar-refractivity contribution < 1.29 is 4.79 Å². The Balaban J connectivity index is 1.66. The van der Waals surface area contributed by atoms with Gasteiger partial charge in [0.2, 0.25) is 0 Å². The molecule has 2 saturated heterocycles. The molecule has 2 aliphatic heterocycles. The van der Waals surface area contributed by atoms with Crippen LogP contribution in [0.2, 0.25) is 0 Å². The number of piperidine rings is 1. The average molecular weight is 361 g/mol. The summed E-state index contributed by atoms with van der Waals surface area (Å²) in [6.07, 6.45) is 16.0. The number of nitrogens with one attached hydrogen (secondary N) is 2. The van der Waals surface area contributed by atoms with Crippen molar-refractivity contribution in [2.45, 2.75) is 88.6 Å². The fraction of sp³-hybridized carbons (Fsp3) is 0.810. The van der Waals surface area contributed by atoms with Crippen molar-refractivity contribution in [3.05, 3.63) is 12.7 Å². The smallest absolute Gasteiger partial charge is 0.317 e. The molecular formula is C21H36N4O. The third kappa shape index (κ3) is 4.48. The van der Waals surface area contributed by atoms with E-state index in [1.54, 1.807) is 0 Å². The van der Waals surface area contributed by atoms with Crippen molar-refractivity contribution in [1.82, 2.24) is 15.5 Å². The Labute approximate surface area is 158 Å². The molecule has 0 aromatic heterocycles. The van der Waals surface area contributed by atoms with Gasteiger partial charge in [0.25, 0.3) is 0 Å². The molecule has 2 amide bonds. The monoisotopic (exact) mass is 360 g/mol. The average Bonchev–Trinajstić information content (AvgIpc) is 2.91. The molecule has 1 saturated carbocycles. The van der Waals surface area contributed by atoms with Crippen LogP contribution < -0.4 is 10.6 Å². The van der Waals surface area contributed by atoms with Crippen LogP contribution in [0.15, 0.2) is 17.6 Å². The minimum atomic E-state index is -0.180. The van der Waals surface area contributed by atoms with Crippen LogP contribution in [0.1, 0.15) is 77.0 Å². The molecule has 0 aromatic carbocycles. The van der Waals surface area contributed by atoms with Gasteiger partial charge in [-0.05, 0) is 58.0 Å². The lowest BCUT2D eigenvalue weighted by Crippen LogP contribution is -2.56. The van der Waals surface area contributed by atoms with Gasteiger partial charge in [0.1, 0.15) is 11.4 Å². The van der Waals surface area contributed by atoms with E-state index in [4.69, 9.17) is 4.99 Å². The molecule has 0 bridgehead atoms. The van der Waals surface area contributed by atoms with E-state index in [0.29, 0.717) is 6.04 Å². The number of urea groups is 1. The zero-order valence-corrected chi connectivity index (χ0v) is 16.3. The number of aliphatic imine (C=N–C) groups is 1. The van der Waals surface area contributed by atoms with Crippen LogP contribution >= 0.6 is 0 Å².